The van der Waals surface area contributed by atoms with Crippen LogP contribution in [0.2, 0.25) is 0 Å². The molecule has 1 N–H and O–H groups in total. The van der Waals surface area contributed by atoms with Crippen LogP contribution in [0.4, 0.5) is 5.69 Å². The summed E-state index contributed by atoms with van der Waals surface area (Å²) in [5.41, 5.74) is 1.85. The molecule has 0 spiro atoms. The van der Waals surface area contributed by atoms with Gasteiger partial charge < -0.3 is 10.2 Å². The average molecular weight is 386 g/mol. The first-order chi connectivity index (χ1) is 9.56. The molecule has 1 aromatic rings. The lowest BCUT2D eigenvalue weighted by molar-refractivity contribution is -0.134. The first-order valence-corrected chi connectivity index (χ1v) is 7.98. The third kappa shape index (κ3) is 4.19. The number of halogens is 1. The molecule has 0 bridgehead atoms. The Labute approximate surface area is 133 Å². The molecule has 4 nitrogen and oxygen atoms in total. The Morgan fingerprint density at radius 3 is 2.90 bits per heavy atom. The van der Waals surface area contributed by atoms with E-state index in [4.69, 9.17) is 0 Å². The van der Waals surface area contributed by atoms with Crippen LogP contribution in [0.25, 0.3) is 0 Å². The van der Waals surface area contributed by atoms with Gasteiger partial charge in [0.25, 0.3) is 0 Å². The molecule has 0 aromatic heterocycles. The number of nitrogens with one attached hydrogen (secondary N) is 1. The van der Waals surface area contributed by atoms with Gasteiger partial charge >= 0.3 is 0 Å². The second-order valence-electron chi connectivity index (χ2n) is 5.13. The zero-order chi connectivity index (χ0) is 14.5. The van der Waals surface area contributed by atoms with E-state index in [0.717, 1.165) is 34.1 Å². The molecule has 2 amide bonds. The van der Waals surface area contributed by atoms with Gasteiger partial charge in [-0.2, -0.15) is 0 Å². The number of hydrogen-bond acceptors (Lipinski definition) is 2. The van der Waals surface area contributed by atoms with Crippen molar-refractivity contribution in [1.82, 2.24) is 4.90 Å². The predicted octanol–water partition coefficient (Wildman–Crippen LogP) is 2.94. The summed E-state index contributed by atoms with van der Waals surface area (Å²) < 4.78 is 1.14. The fraction of sp³-hybridized carbons (Fsp3) is 0.467. The lowest BCUT2D eigenvalue weighted by atomic mass is 10.2. The maximum atomic E-state index is 12.1. The minimum Gasteiger partial charge on any atom is -0.333 e. The first-order valence-electron chi connectivity index (χ1n) is 6.90. The van der Waals surface area contributed by atoms with Gasteiger partial charge in [0.15, 0.2) is 0 Å². The Hall–Kier alpha value is -1.11. The van der Waals surface area contributed by atoms with Crippen LogP contribution in [0, 0.1) is 10.5 Å². The Morgan fingerprint density at radius 2 is 2.15 bits per heavy atom. The van der Waals surface area contributed by atoms with Crippen LogP contribution in [-0.2, 0) is 9.59 Å². The number of rotatable bonds is 3. The van der Waals surface area contributed by atoms with Crippen LogP contribution in [-0.4, -0.2) is 29.8 Å². The lowest BCUT2D eigenvalue weighted by Crippen LogP contribution is -2.37. The van der Waals surface area contributed by atoms with Crippen molar-refractivity contribution in [2.45, 2.75) is 32.6 Å². The molecule has 1 heterocycles. The second-order valence-corrected chi connectivity index (χ2v) is 6.38. The number of carbonyl (C=O) groups excluding carboxylic acids is 2. The van der Waals surface area contributed by atoms with Gasteiger partial charge in [-0.05, 0) is 66.1 Å². The zero-order valence-corrected chi connectivity index (χ0v) is 13.8. The van der Waals surface area contributed by atoms with E-state index in [0.29, 0.717) is 13.0 Å². The van der Waals surface area contributed by atoms with E-state index in [-0.39, 0.29) is 18.4 Å². The van der Waals surface area contributed by atoms with E-state index in [9.17, 15) is 9.59 Å². The maximum Gasteiger partial charge on any atom is 0.244 e. The van der Waals surface area contributed by atoms with Crippen LogP contribution >= 0.6 is 22.6 Å². The molecular weight excluding hydrogens is 367 g/mol. The molecular formula is C15H19IN2O2. The number of anilines is 1. The maximum absolute atomic E-state index is 12.1. The van der Waals surface area contributed by atoms with Gasteiger partial charge in [-0.1, -0.05) is 6.42 Å². The Balaban J connectivity index is 1.96. The average Bonchev–Trinajstić information content (AvgIpc) is 2.59. The molecule has 1 fully saturated rings. The van der Waals surface area contributed by atoms with Gasteiger partial charge in [-0.25, -0.2) is 0 Å². The molecule has 20 heavy (non-hydrogen) atoms. The van der Waals surface area contributed by atoms with Crippen molar-refractivity contribution in [2.75, 3.05) is 18.4 Å². The minimum absolute atomic E-state index is 0.0944. The van der Waals surface area contributed by atoms with Gasteiger partial charge in [0.2, 0.25) is 11.8 Å². The summed E-state index contributed by atoms with van der Waals surface area (Å²) in [6.45, 7) is 2.82. The summed E-state index contributed by atoms with van der Waals surface area (Å²) in [5, 5.41) is 2.89. The van der Waals surface area contributed by atoms with Crippen LogP contribution in [0.3, 0.4) is 0 Å². The smallest absolute Gasteiger partial charge is 0.244 e. The van der Waals surface area contributed by atoms with Crippen LogP contribution in [0.15, 0.2) is 18.2 Å². The van der Waals surface area contributed by atoms with Crippen molar-refractivity contribution in [3.63, 3.8) is 0 Å². The van der Waals surface area contributed by atoms with Crippen molar-refractivity contribution in [2.24, 2.45) is 0 Å². The van der Waals surface area contributed by atoms with Gasteiger partial charge in [0.05, 0.1) is 6.54 Å². The van der Waals surface area contributed by atoms with Crippen molar-refractivity contribution in [3.05, 3.63) is 27.3 Å². The third-order valence-electron chi connectivity index (χ3n) is 3.47. The zero-order valence-electron chi connectivity index (χ0n) is 11.6. The Kier molecular flexibility index (Phi) is 5.39. The molecule has 0 atom stereocenters. The van der Waals surface area contributed by atoms with Gasteiger partial charge in [-0.15, -0.1) is 0 Å². The Morgan fingerprint density at radius 1 is 1.35 bits per heavy atom. The van der Waals surface area contributed by atoms with E-state index in [1.54, 1.807) is 4.90 Å². The number of aryl methyl sites for hydroxylation is 1. The van der Waals surface area contributed by atoms with Crippen LogP contribution < -0.4 is 5.32 Å². The molecule has 0 aliphatic carbocycles. The molecule has 2 rings (SSSR count). The molecule has 0 saturated carbocycles. The molecule has 1 saturated heterocycles. The quantitative estimate of drug-likeness (QED) is 0.813. The summed E-state index contributed by atoms with van der Waals surface area (Å²) in [5.74, 6) is -0.0264. The molecule has 0 radical (unpaired) electrons. The minimum atomic E-state index is -0.121. The summed E-state index contributed by atoms with van der Waals surface area (Å²) in [6.07, 6.45) is 3.56. The fourth-order valence-corrected chi connectivity index (χ4v) is 2.98. The summed E-state index contributed by atoms with van der Waals surface area (Å²) in [4.78, 5) is 25.6. The highest BCUT2D eigenvalue weighted by Crippen LogP contribution is 2.18. The molecule has 108 valence electrons. The third-order valence-corrected chi connectivity index (χ3v) is 4.14. The highest BCUT2D eigenvalue weighted by molar-refractivity contribution is 14.1. The number of amides is 2. The van der Waals surface area contributed by atoms with E-state index >= 15 is 0 Å². The molecule has 1 aliphatic heterocycles. The summed E-state index contributed by atoms with van der Waals surface area (Å²) in [6, 6.07) is 5.88. The molecule has 1 aliphatic rings. The number of likely N-dealkylation sites (tertiary alicyclic amines) is 1. The predicted molar refractivity (Wildman–Crippen MR) is 87.6 cm³/mol. The Bertz CT molecular complexity index is 517. The van der Waals surface area contributed by atoms with Crippen molar-refractivity contribution < 1.29 is 9.59 Å². The monoisotopic (exact) mass is 386 g/mol. The van der Waals surface area contributed by atoms with Gasteiger partial charge in [0.1, 0.15) is 0 Å². The SMILES string of the molecule is Cc1cc(I)ccc1NC(=O)CN1CCCCCC1=O. The number of carbonyl (C=O) groups is 2. The van der Waals surface area contributed by atoms with Gasteiger partial charge in [-0.3, -0.25) is 9.59 Å². The normalized spacial score (nSPS) is 15.9. The van der Waals surface area contributed by atoms with Crippen molar-refractivity contribution in [1.29, 1.82) is 0 Å². The molecule has 0 unspecified atom stereocenters. The first kappa shape index (κ1) is 15.3. The number of hydrogen-bond donors (Lipinski definition) is 1. The van der Waals surface area contributed by atoms with E-state index < -0.39 is 0 Å². The molecule has 5 heteroatoms. The summed E-state index contributed by atoms with van der Waals surface area (Å²) >= 11 is 2.24. The van der Waals surface area contributed by atoms with E-state index in [1.165, 1.54) is 0 Å². The largest absolute Gasteiger partial charge is 0.333 e. The number of benzene rings is 1. The second kappa shape index (κ2) is 7.06. The standard InChI is InChI=1S/C15H19IN2O2/c1-11-9-12(16)6-7-13(11)17-14(19)10-18-8-4-2-3-5-15(18)20/h6-7,9H,2-5,8,10H2,1H3,(H,17,19). The van der Waals surface area contributed by atoms with E-state index in [1.807, 2.05) is 25.1 Å². The lowest BCUT2D eigenvalue weighted by Gasteiger charge is -2.20. The highest BCUT2D eigenvalue weighted by atomic mass is 127. The van der Waals surface area contributed by atoms with Crippen LogP contribution in [0.1, 0.15) is 31.2 Å². The number of nitrogens with zero attached hydrogens (tertiary/aromatic N) is 1. The topological polar surface area (TPSA) is 49.4 Å². The van der Waals surface area contributed by atoms with Crippen molar-refractivity contribution in [3.8, 4) is 0 Å². The van der Waals surface area contributed by atoms with Crippen molar-refractivity contribution >= 4 is 40.1 Å². The fourth-order valence-electron chi connectivity index (χ4n) is 2.34. The van der Waals surface area contributed by atoms with Crippen LogP contribution in [0.5, 0.6) is 0 Å². The molecule has 1 aromatic carbocycles. The highest BCUT2D eigenvalue weighted by Gasteiger charge is 2.19. The van der Waals surface area contributed by atoms with Gasteiger partial charge in [0, 0.05) is 22.2 Å². The summed E-state index contributed by atoms with van der Waals surface area (Å²) in [7, 11) is 0. The van der Waals surface area contributed by atoms with E-state index in [2.05, 4.69) is 27.9 Å².